The summed E-state index contributed by atoms with van der Waals surface area (Å²) in [4.78, 5) is 14.7. The van der Waals surface area contributed by atoms with E-state index in [1.807, 2.05) is 12.1 Å². The topological polar surface area (TPSA) is 56.3 Å². The molecule has 2 N–H and O–H groups in total. The Labute approximate surface area is 232 Å². The molecule has 2 aliphatic heterocycles. The third-order valence-electron chi connectivity index (χ3n) is 8.74. The Kier molecular flexibility index (Phi) is 8.66. The Hall–Kier alpha value is -2.48. The molecule has 5 rings (SSSR count). The van der Waals surface area contributed by atoms with Gasteiger partial charge in [-0.3, -0.25) is 0 Å². The maximum Gasteiger partial charge on any atom is 0.232 e. The quantitative estimate of drug-likeness (QED) is 0.420. The molecule has 2 aromatic rings. The lowest BCUT2D eigenvalue weighted by atomic mass is 9.69. The van der Waals surface area contributed by atoms with E-state index < -0.39 is 0 Å². The molecule has 1 aromatic heterocycles. The van der Waals surface area contributed by atoms with Crippen LogP contribution >= 0.6 is 12.2 Å². The normalized spacial score (nSPS) is 23.7. The van der Waals surface area contributed by atoms with Crippen LogP contribution in [0.3, 0.4) is 0 Å². The smallest absolute Gasteiger partial charge is 0.232 e. The van der Waals surface area contributed by atoms with Gasteiger partial charge in [0.2, 0.25) is 5.95 Å². The van der Waals surface area contributed by atoms with E-state index in [2.05, 4.69) is 40.3 Å². The molecule has 0 amide bonds. The van der Waals surface area contributed by atoms with Crippen molar-refractivity contribution >= 4 is 34.9 Å². The highest BCUT2D eigenvalue weighted by Crippen LogP contribution is 2.39. The van der Waals surface area contributed by atoms with Gasteiger partial charge in [0.25, 0.3) is 0 Å². The largest absolute Gasteiger partial charge is 0.361 e. The molecule has 1 aliphatic carbocycles. The van der Waals surface area contributed by atoms with Crippen molar-refractivity contribution in [3.8, 4) is 0 Å². The Morgan fingerprint density at radius 2 is 1.50 bits per heavy atom. The minimum absolute atomic E-state index is 0.0422. The highest BCUT2D eigenvalue weighted by atomic mass is 32.1. The fourth-order valence-electron chi connectivity index (χ4n) is 6.59. The number of rotatable bonds is 6. The van der Waals surface area contributed by atoms with Crippen LogP contribution in [0.25, 0.3) is 0 Å². The van der Waals surface area contributed by atoms with E-state index in [1.54, 1.807) is 12.1 Å². The first-order chi connectivity index (χ1) is 18.4. The van der Waals surface area contributed by atoms with Crippen molar-refractivity contribution in [3.05, 3.63) is 41.7 Å². The molecular weight excluding hydrogens is 495 g/mol. The van der Waals surface area contributed by atoms with E-state index in [-0.39, 0.29) is 11.2 Å². The third-order valence-corrected chi connectivity index (χ3v) is 8.99. The van der Waals surface area contributed by atoms with Gasteiger partial charge in [-0.15, -0.1) is 0 Å². The SMILES string of the molecule is C[C@@H]1CCCN(c2cc(N3CCC[C@@H](C)C3)nc(NC(=S)NCC3(c4ccc(F)cc4)CCCCC3)n2)C1. The predicted octanol–water partition coefficient (Wildman–Crippen LogP) is 6.28. The van der Waals surface area contributed by atoms with Gasteiger partial charge in [-0.05, 0) is 80.3 Å². The van der Waals surface area contributed by atoms with Crippen LogP contribution < -0.4 is 20.4 Å². The monoisotopic (exact) mass is 538 g/mol. The number of hydrogen-bond donors (Lipinski definition) is 2. The van der Waals surface area contributed by atoms with Gasteiger partial charge < -0.3 is 20.4 Å². The molecule has 0 spiro atoms. The lowest BCUT2D eigenvalue weighted by molar-refractivity contribution is 0.292. The molecule has 8 heteroatoms. The number of nitrogens with one attached hydrogen (secondary N) is 2. The molecule has 3 fully saturated rings. The standard InChI is InChI=1S/C30H43FN6S/c1-22-8-6-16-36(19-22)26-18-27(37-17-7-9-23(2)20-37)34-28(33-26)35-29(38)32-21-30(14-4-3-5-15-30)24-10-12-25(31)13-11-24/h10-13,18,22-23H,3-9,14-17,19-21H2,1-2H3,(H2,32,33,34,35,38)/t22-,23-/m1/s1. The molecule has 0 bridgehead atoms. The Morgan fingerprint density at radius 3 is 2.05 bits per heavy atom. The minimum atomic E-state index is -0.191. The van der Waals surface area contributed by atoms with Crippen LogP contribution in [0.5, 0.6) is 0 Å². The lowest BCUT2D eigenvalue weighted by Crippen LogP contribution is -2.44. The number of halogens is 1. The van der Waals surface area contributed by atoms with Crippen LogP contribution in [0.4, 0.5) is 22.0 Å². The summed E-state index contributed by atoms with van der Waals surface area (Å²) in [6.45, 7) is 9.45. The molecule has 0 radical (unpaired) electrons. The van der Waals surface area contributed by atoms with Crippen LogP contribution in [0.1, 0.15) is 77.2 Å². The molecule has 2 atom stereocenters. The highest BCUT2D eigenvalue weighted by Gasteiger charge is 2.34. The van der Waals surface area contributed by atoms with Crippen molar-refractivity contribution in [2.24, 2.45) is 11.8 Å². The maximum atomic E-state index is 13.6. The zero-order valence-electron chi connectivity index (χ0n) is 23.0. The van der Waals surface area contributed by atoms with Gasteiger partial charge >= 0.3 is 0 Å². The summed E-state index contributed by atoms with van der Waals surface area (Å²) in [5.41, 5.74) is 1.15. The van der Waals surface area contributed by atoms with Crippen LogP contribution in [-0.4, -0.2) is 47.8 Å². The second-order valence-corrected chi connectivity index (χ2v) is 12.4. The lowest BCUT2D eigenvalue weighted by Gasteiger charge is -2.38. The van der Waals surface area contributed by atoms with E-state index in [1.165, 1.54) is 50.5 Å². The third kappa shape index (κ3) is 6.56. The van der Waals surface area contributed by atoms with Crippen molar-refractivity contribution in [3.63, 3.8) is 0 Å². The average molecular weight is 539 g/mol. The molecule has 3 heterocycles. The molecule has 2 saturated heterocycles. The van der Waals surface area contributed by atoms with E-state index in [4.69, 9.17) is 22.2 Å². The average Bonchev–Trinajstić information content (AvgIpc) is 2.93. The zero-order chi connectivity index (χ0) is 26.5. The molecule has 3 aliphatic rings. The molecule has 38 heavy (non-hydrogen) atoms. The van der Waals surface area contributed by atoms with Gasteiger partial charge in [-0.1, -0.05) is 45.2 Å². The van der Waals surface area contributed by atoms with Gasteiger partial charge in [0.05, 0.1) is 0 Å². The molecule has 206 valence electrons. The van der Waals surface area contributed by atoms with Crippen LogP contribution in [0, 0.1) is 17.7 Å². The molecule has 6 nitrogen and oxygen atoms in total. The van der Waals surface area contributed by atoms with Crippen molar-refractivity contribution in [1.82, 2.24) is 15.3 Å². The van der Waals surface area contributed by atoms with Gasteiger partial charge in [0, 0.05) is 44.2 Å². The van der Waals surface area contributed by atoms with E-state index >= 15 is 0 Å². The Morgan fingerprint density at radius 1 is 0.921 bits per heavy atom. The first-order valence-electron chi connectivity index (χ1n) is 14.6. The first kappa shape index (κ1) is 27.1. The van der Waals surface area contributed by atoms with E-state index in [0.29, 0.717) is 29.4 Å². The van der Waals surface area contributed by atoms with Crippen molar-refractivity contribution in [2.45, 2.75) is 77.0 Å². The molecule has 0 unspecified atom stereocenters. The number of benzene rings is 1. The summed E-state index contributed by atoms with van der Waals surface area (Å²) in [5, 5.41) is 7.35. The summed E-state index contributed by atoms with van der Waals surface area (Å²) in [5.74, 6) is 3.67. The summed E-state index contributed by atoms with van der Waals surface area (Å²) < 4.78 is 13.6. The van der Waals surface area contributed by atoms with Crippen LogP contribution in [0.15, 0.2) is 30.3 Å². The fraction of sp³-hybridized carbons (Fsp3) is 0.633. The molecule has 1 saturated carbocycles. The van der Waals surface area contributed by atoms with Crippen LogP contribution in [-0.2, 0) is 5.41 Å². The van der Waals surface area contributed by atoms with Crippen LogP contribution in [0.2, 0.25) is 0 Å². The zero-order valence-corrected chi connectivity index (χ0v) is 23.8. The minimum Gasteiger partial charge on any atom is -0.361 e. The van der Waals surface area contributed by atoms with Crippen molar-refractivity contribution in [2.75, 3.05) is 47.8 Å². The van der Waals surface area contributed by atoms with Gasteiger partial charge in [0.15, 0.2) is 5.11 Å². The Balaban J connectivity index is 1.33. The second-order valence-electron chi connectivity index (χ2n) is 12.0. The number of piperidine rings is 2. The number of hydrogen-bond acceptors (Lipinski definition) is 5. The number of anilines is 3. The van der Waals surface area contributed by atoms with Crippen molar-refractivity contribution in [1.29, 1.82) is 0 Å². The summed E-state index contributed by atoms with van der Waals surface area (Å²) >= 11 is 5.77. The van der Waals surface area contributed by atoms with Gasteiger partial charge in [-0.25, -0.2) is 4.39 Å². The Bertz CT molecular complexity index is 1050. The number of thiocarbonyl (C=S) groups is 1. The van der Waals surface area contributed by atoms with Gasteiger partial charge in [-0.2, -0.15) is 9.97 Å². The summed E-state index contributed by atoms with van der Waals surface area (Å²) in [6, 6.07) is 9.20. The van der Waals surface area contributed by atoms with Crippen molar-refractivity contribution < 1.29 is 4.39 Å². The fourth-order valence-corrected chi connectivity index (χ4v) is 6.76. The molecule has 1 aromatic carbocycles. The highest BCUT2D eigenvalue weighted by molar-refractivity contribution is 7.80. The second kappa shape index (κ2) is 12.1. The summed E-state index contributed by atoms with van der Waals surface area (Å²) in [7, 11) is 0. The van der Waals surface area contributed by atoms with E-state index in [0.717, 1.165) is 50.7 Å². The first-order valence-corrected chi connectivity index (χ1v) is 15.0. The maximum absolute atomic E-state index is 13.6. The summed E-state index contributed by atoms with van der Waals surface area (Å²) in [6.07, 6.45) is 10.7. The predicted molar refractivity (Wildman–Crippen MR) is 159 cm³/mol. The molecular formula is C30H43FN6S. The number of nitrogens with zero attached hydrogens (tertiary/aromatic N) is 4. The number of aromatic nitrogens is 2. The van der Waals surface area contributed by atoms with E-state index in [9.17, 15) is 4.39 Å². The van der Waals surface area contributed by atoms with Gasteiger partial charge in [0.1, 0.15) is 17.5 Å².